The second-order valence-electron chi connectivity index (χ2n) is 9.11. The molecule has 2 aromatic heterocycles. The van der Waals surface area contributed by atoms with E-state index in [1.807, 2.05) is 42.7 Å². The molecule has 0 aliphatic carbocycles. The first-order valence-corrected chi connectivity index (χ1v) is 12.3. The third-order valence-electron chi connectivity index (χ3n) is 6.78. The Hall–Kier alpha value is -4.24. The van der Waals surface area contributed by atoms with Crippen molar-refractivity contribution in [2.24, 2.45) is 0 Å². The summed E-state index contributed by atoms with van der Waals surface area (Å²) in [4.78, 5) is 17.9. The maximum absolute atomic E-state index is 11.6. The van der Waals surface area contributed by atoms with Gasteiger partial charge in [-0.05, 0) is 80.5 Å². The Morgan fingerprint density at radius 2 is 1.86 bits per heavy atom. The predicted molar refractivity (Wildman–Crippen MR) is 148 cm³/mol. The number of aromatic nitrogens is 2. The van der Waals surface area contributed by atoms with Crippen molar-refractivity contribution in [2.45, 2.75) is 32.9 Å². The van der Waals surface area contributed by atoms with E-state index in [1.165, 1.54) is 6.07 Å². The molecule has 2 atom stereocenters. The molecule has 5 rings (SSSR count). The van der Waals surface area contributed by atoms with Gasteiger partial charge in [-0.15, -0.1) is 0 Å². The zero-order chi connectivity index (χ0) is 26.3. The molecule has 0 radical (unpaired) electrons. The van der Waals surface area contributed by atoms with Crippen molar-refractivity contribution in [3.63, 3.8) is 0 Å². The Kier molecular flexibility index (Phi) is 6.39. The third-order valence-corrected chi connectivity index (χ3v) is 7.10. The number of non-ortho nitro benzene ring substituents is 1. The Bertz CT molecular complexity index is 1500. The SMILES string of the molecule is COc1ccc([N+](=O)[O-])cc1-n1c(C)cc([C@H]2[C@H](c3ccccn3)NC(=S)N2c2cccc(C)c2)c1C. The van der Waals surface area contributed by atoms with Crippen molar-refractivity contribution in [3.8, 4) is 11.4 Å². The van der Waals surface area contributed by atoms with Crippen LogP contribution in [0.3, 0.4) is 0 Å². The van der Waals surface area contributed by atoms with Crippen LogP contribution in [-0.2, 0) is 0 Å². The van der Waals surface area contributed by atoms with Crippen LogP contribution in [0, 0.1) is 30.9 Å². The van der Waals surface area contributed by atoms with Crippen LogP contribution in [0.1, 0.15) is 40.3 Å². The lowest BCUT2D eigenvalue weighted by Gasteiger charge is -2.28. The minimum absolute atomic E-state index is 0.00121. The first kappa shape index (κ1) is 24.5. The van der Waals surface area contributed by atoms with Gasteiger partial charge < -0.3 is 19.5 Å². The number of nitro groups is 1. The highest BCUT2D eigenvalue weighted by atomic mass is 32.1. The average molecular weight is 514 g/mol. The number of anilines is 1. The highest BCUT2D eigenvalue weighted by Crippen LogP contribution is 2.44. The molecule has 0 unspecified atom stereocenters. The molecule has 188 valence electrons. The van der Waals surface area contributed by atoms with Crippen molar-refractivity contribution in [3.05, 3.63) is 111 Å². The molecule has 1 N–H and O–H groups in total. The van der Waals surface area contributed by atoms with Gasteiger partial charge in [0.1, 0.15) is 5.75 Å². The van der Waals surface area contributed by atoms with E-state index >= 15 is 0 Å². The second-order valence-corrected chi connectivity index (χ2v) is 9.50. The van der Waals surface area contributed by atoms with Gasteiger partial charge in [-0.25, -0.2) is 0 Å². The summed E-state index contributed by atoms with van der Waals surface area (Å²) < 4.78 is 7.60. The molecule has 1 aliphatic rings. The Morgan fingerprint density at radius 3 is 2.54 bits per heavy atom. The van der Waals surface area contributed by atoms with Crippen molar-refractivity contribution in [1.29, 1.82) is 0 Å². The van der Waals surface area contributed by atoms with Crippen LogP contribution >= 0.6 is 12.2 Å². The molecular weight excluding hydrogens is 486 g/mol. The molecule has 4 aromatic rings. The molecule has 8 nitrogen and oxygen atoms in total. The molecule has 9 heteroatoms. The van der Waals surface area contributed by atoms with E-state index < -0.39 is 4.92 Å². The van der Waals surface area contributed by atoms with Crippen LogP contribution in [0.4, 0.5) is 11.4 Å². The summed E-state index contributed by atoms with van der Waals surface area (Å²) in [5, 5.41) is 15.7. The fourth-order valence-electron chi connectivity index (χ4n) is 5.15. The number of ether oxygens (including phenoxy) is 1. The largest absolute Gasteiger partial charge is 0.495 e. The van der Waals surface area contributed by atoms with Crippen molar-refractivity contribution < 1.29 is 9.66 Å². The number of rotatable bonds is 6. The lowest BCUT2D eigenvalue weighted by Crippen LogP contribution is -2.29. The maximum Gasteiger partial charge on any atom is 0.271 e. The molecule has 0 spiro atoms. The summed E-state index contributed by atoms with van der Waals surface area (Å²) in [7, 11) is 1.57. The van der Waals surface area contributed by atoms with Crippen molar-refractivity contribution in [1.82, 2.24) is 14.9 Å². The highest BCUT2D eigenvalue weighted by Gasteiger charge is 2.42. The molecule has 3 heterocycles. The van der Waals surface area contributed by atoms with Crippen LogP contribution < -0.4 is 15.0 Å². The van der Waals surface area contributed by atoms with Crippen molar-refractivity contribution in [2.75, 3.05) is 12.0 Å². The van der Waals surface area contributed by atoms with Crippen molar-refractivity contribution >= 4 is 28.7 Å². The highest BCUT2D eigenvalue weighted by molar-refractivity contribution is 7.80. The number of nitro benzene ring substituents is 1. The summed E-state index contributed by atoms with van der Waals surface area (Å²) in [6.45, 7) is 6.07. The van der Waals surface area contributed by atoms with E-state index in [0.29, 0.717) is 16.5 Å². The minimum Gasteiger partial charge on any atom is -0.495 e. The van der Waals surface area contributed by atoms with E-state index in [2.05, 4.69) is 46.4 Å². The number of methoxy groups -OCH3 is 1. The molecule has 0 saturated carbocycles. The first-order valence-electron chi connectivity index (χ1n) is 11.9. The Balaban J connectivity index is 1.71. The van der Waals surface area contributed by atoms with E-state index in [9.17, 15) is 10.1 Å². The van der Waals surface area contributed by atoms with E-state index in [1.54, 1.807) is 25.4 Å². The Labute approximate surface area is 220 Å². The quantitative estimate of drug-likeness (QED) is 0.195. The number of thiocarbonyl (C=S) groups is 1. The number of pyridine rings is 1. The summed E-state index contributed by atoms with van der Waals surface area (Å²) in [6.07, 6.45) is 1.78. The van der Waals surface area contributed by atoms with Crippen LogP contribution in [0.15, 0.2) is 72.9 Å². The molecule has 1 fully saturated rings. The number of aryl methyl sites for hydroxylation is 2. The topological polar surface area (TPSA) is 85.5 Å². The zero-order valence-electron chi connectivity index (χ0n) is 21.0. The fraction of sp³-hybridized carbons (Fsp3) is 0.214. The molecule has 2 aromatic carbocycles. The normalized spacial score (nSPS) is 17.1. The van der Waals surface area contributed by atoms with Crippen LogP contribution in [0.25, 0.3) is 5.69 Å². The van der Waals surface area contributed by atoms with Crippen LogP contribution in [0.2, 0.25) is 0 Å². The smallest absolute Gasteiger partial charge is 0.271 e. The van der Waals surface area contributed by atoms with Gasteiger partial charge in [-0.3, -0.25) is 15.1 Å². The zero-order valence-corrected chi connectivity index (χ0v) is 21.8. The standard InChI is InChI=1S/C28H27N5O3S/c1-17-8-7-9-20(14-17)32-27(26(30-28(32)37)23-10-5-6-13-29-23)22-15-18(2)31(19(22)3)24-16-21(33(34)35)11-12-25(24)36-4/h5-16,26-27H,1-4H3,(H,30,37)/t26-,27-/m0/s1. The summed E-state index contributed by atoms with van der Waals surface area (Å²) in [6, 6.07) is 20.5. The number of nitrogens with one attached hydrogen (secondary N) is 1. The lowest BCUT2D eigenvalue weighted by atomic mass is 9.96. The molecule has 1 aliphatic heterocycles. The Morgan fingerprint density at radius 1 is 1.05 bits per heavy atom. The first-order chi connectivity index (χ1) is 17.8. The van der Waals surface area contributed by atoms with Gasteiger partial charge in [-0.2, -0.15) is 0 Å². The van der Waals surface area contributed by atoms with E-state index in [0.717, 1.165) is 33.9 Å². The fourth-order valence-corrected chi connectivity index (χ4v) is 5.50. The summed E-state index contributed by atoms with van der Waals surface area (Å²) in [5.74, 6) is 0.552. The van der Waals surface area contributed by atoms with Gasteiger partial charge in [0.2, 0.25) is 0 Å². The molecule has 0 amide bonds. The molecular formula is C28H27N5O3S. The maximum atomic E-state index is 11.6. The summed E-state index contributed by atoms with van der Waals surface area (Å²) in [5.41, 5.74) is 6.51. The lowest BCUT2D eigenvalue weighted by molar-refractivity contribution is -0.384. The monoisotopic (exact) mass is 513 g/mol. The number of hydrogen-bond acceptors (Lipinski definition) is 5. The number of benzene rings is 2. The van der Waals surface area contributed by atoms with Gasteiger partial charge in [-0.1, -0.05) is 18.2 Å². The van der Waals surface area contributed by atoms with E-state index in [4.69, 9.17) is 17.0 Å². The molecule has 37 heavy (non-hydrogen) atoms. The minimum atomic E-state index is -0.395. The predicted octanol–water partition coefficient (Wildman–Crippen LogP) is 5.89. The third kappa shape index (κ3) is 4.31. The van der Waals surface area contributed by atoms with Gasteiger partial charge in [0.25, 0.3) is 5.69 Å². The van der Waals surface area contributed by atoms with Crippen LogP contribution in [0.5, 0.6) is 5.75 Å². The summed E-state index contributed by atoms with van der Waals surface area (Å²) >= 11 is 5.87. The molecule has 1 saturated heterocycles. The van der Waals surface area contributed by atoms with Gasteiger partial charge in [0.15, 0.2) is 5.11 Å². The second kappa shape index (κ2) is 9.67. The number of nitrogens with zero attached hydrogens (tertiary/aromatic N) is 4. The van der Waals surface area contributed by atoms with Gasteiger partial charge in [0, 0.05) is 35.4 Å². The van der Waals surface area contributed by atoms with E-state index in [-0.39, 0.29) is 17.8 Å². The molecule has 0 bridgehead atoms. The van der Waals surface area contributed by atoms with Gasteiger partial charge >= 0.3 is 0 Å². The number of hydrogen-bond donors (Lipinski definition) is 1. The van der Waals surface area contributed by atoms with Gasteiger partial charge in [0.05, 0.1) is 35.5 Å². The van der Waals surface area contributed by atoms with Crippen LogP contribution in [-0.4, -0.2) is 26.7 Å². The average Bonchev–Trinajstić information content (AvgIpc) is 3.38.